The van der Waals surface area contributed by atoms with Crippen LogP contribution in [0.2, 0.25) is 0 Å². The molecule has 0 spiro atoms. The van der Waals surface area contributed by atoms with Crippen molar-refractivity contribution in [1.82, 2.24) is 20.2 Å². The smallest absolute Gasteiger partial charge is 0.242 e. The maximum atomic E-state index is 11.8. The van der Waals surface area contributed by atoms with E-state index in [1.807, 2.05) is 4.90 Å². The van der Waals surface area contributed by atoms with E-state index in [0.29, 0.717) is 11.7 Å². The Morgan fingerprint density at radius 2 is 2.11 bits per heavy atom. The van der Waals surface area contributed by atoms with Gasteiger partial charge in [-0.05, 0) is 0 Å². The zero-order valence-corrected chi connectivity index (χ0v) is 10.3. The first-order chi connectivity index (χ1) is 8.79. The summed E-state index contributed by atoms with van der Waals surface area (Å²) in [6.45, 7) is 3.43. The van der Waals surface area contributed by atoms with Crippen LogP contribution >= 0.6 is 0 Å². The van der Waals surface area contributed by atoms with Gasteiger partial charge in [-0.2, -0.15) is 0 Å². The molecular weight excluding hydrogens is 234 g/mol. The zero-order chi connectivity index (χ0) is 12.8. The van der Waals surface area contributed by atoms with Crippen LogP contribution in [0.4, 0.5) is 5.95 Å². The van der Waals surface area contributed by atoms with Crippen LogP contribution < -0.4 is 15.4 Å². The van der Waals surface area contributed by atoms with Crippen molar-refractivity contribution in [2.45, 2.75) is 0 Å². The molecule has 7 heteroatoms. The average molecular weight is 251 g/mol. The number of aromatic nitrogens is 2. The molecule has 0 bridgehead atoms. The van der Waals surface area contributed by atoms with Crippen LogP contribution in [0.3, 0.4) is 0 Å². The number of carbonyl (C=O) groups excluding carboxylic acids is 1. The summed E-state index contributed by atoms with van der Waals surface area (Å²) in [5.74, 6) is 1.09. The highest BCUT2D eigenvalue weighted by Crippen LogP contribution is 2.06. The number of ether oxygens (including phenoxy) is 1. The van der Waals surface area contributed by atoms with Crippen LogP contribution in [-0.4, -0.2) is 60.6 Å². The highest BCUT2D eigenvalue weighted by molar-refractivity contribution is 5.80. The normalized spacial score (nSPS) is 15.3. The quantitative estimate of drug-likeness (QED) is 0.739. The van der Waals surface area contributed by atoms with Crippen molar-refractivity contribution in [2.24, 2.45) is 0 Å². The first-order valence-corrected chi connectivity index (χ1v) is 5.88. The molecule has 1 aromatic heterocycles. The first kappa shape index (κ1) is 12.6. The van der Waals surface area contributed by atoms with Crippen LogP contribution in [0, 0.1) is 0 Å². The average Bonchev–Trinajstić information content (AvgIpc) is 2.46. The van der Waals surface area contributed by atoms with E-state index in [9.17, 15) is 4.79 Å². The molecule has 1 fully saturated rings. The molecule has 1 aromatic rings. The van der Waals surface area contributed by atoms with Crippen molar-refractivity contribution >= 4 is 11.9 Å². The molecule has 1 aliphatic heterocycles. The minimum absolute atomic E-state index is 0.0657. The second-order valence-corrected chi connectivity index (χ2v) is 3.93. The number of anilines is 1. The summed E-state index contributed by atoms with van der Waals surface area (Å²) in [6.07, 6.45) is 3.12. The molecule has 0 aromatic carbocycles. The van der Waals surface area contributed by atoms with Crippen molar-refractivity contribution in [2.75, 3.05) is 45.2 Å². The lowest BCUT2D eigenvalue weighted by Gasteiger charge is -2.27. The molecule has 1 amide bonds. The van der Waals surface area contributed by atoms with Crippen molar-refractivity contribution in [1.29, 1.82) is 0 Å². The number of nitrogens with zero attached hydrogens (tertiary/aromatic N) is 3. The second-order valence-electron chi connectivity index (χ2n) is 3.93. The summed E-state index contributed by atoms with van der Waals surface area (Å²) in [6, 6.07) is 0. The van der Waals surface area contributed by atoms with E-state index in [-0.39, 0.29) is 12.5 Å². The molecule has 0 aliphatic carbocycles. The lowest BCUT2D eigenvalue weighted by atomic mass is 10.3. The van der Waals surface area contributed by atoms with E-state index < -0.39 is 0 Å². The molecule has 98 valence electrons. The Morgan fingerprint density at radius 1 is 1.44 bits per heavy atom. The minimum Gasteiger partial charge on any atom is -0.494 e. The maximum Gasteiger partial charge on any atom is 0.242 e. The van der Waals surface area contributed by atoms with Gasteiger partial charge < -0.3 is 20.3 Å². The van der Waals surface area contributed by atoms with Gasteiger partial charge in [0.15, 0.2) is 5.75 Å². The van der Waals surface area contributed by atoms with Crippen LogP contribution in [0.25, 0.3) is 0 Å². The molecule has 2 heterocycles. The van der Waals surface area contributed by atoms with E-state index in [1.165, 1.54) is 0 Å². The summed E-state index contributed by atoms with van der Waals surface area (Å²) < 4.78 is 4.96. The van der Waals surface area contributed by atoms with Gasteiger partial charge in [0, 0.05) is 26.2 Å². The number of piperazine rings is 1. The van der Waals surface area contributed by atoms with Gasteiger partial charge >= 0.3 is 0 Å². The molecule has 0 atom stereocenters. The van der Waals surface area contributed by atoms with E-state index >= 15 is 0 Å². The predicted molar refractivity (Wildman–Crippen MR) is 66.5 cm³/mol. The predicted octanol–water partition coefficient (Wildman–Crippen LogP) is -0.671. The Bertz CT molecular complexity index is 389. The third-order valence-corrected chi connectivity index (χ3v) is 2.73. The molecule has 1 aliphatic rings. The SMILES string of the molecule is COc1cnc(NCC(=O)N2CCNCC2)nc1. The van der Waals surface area contributed by atoms with Gasteiger partial charge in [-0.3, -0.25) is 4.79 Å². The molecule has 1 saturated heterocycles. The highest BCUT2D eigenvalue weighted by Gasteiger charge is 2.15. The molecule has 18 heavy (non-hydrogen) atoms. The van der Waals surface area contributed by atoms with Crippen molar-refractivity contribution in [3.63, 3.8) is 0 Å². The second kappa shape index (κ2) is 6.15. The van der Waals surface area contributed by atoms with Gasteiger partial charge in [0.1, 0.15) is 0 Å². The molecule has 0 saturated carbocycles. The van der Waals surface area contributed by atoms with Crippen LogP contribution in [0.5, 0.6) is 5.75 Å². The molecule has 7 nitrogen and oxygen atoms in total. The summed E-state index contributed by atoms with van der Waals surface area (Å²) in [7, 11) is 1.56. The summed E-state index contributed by atoms with van der Waals surface area (Å²) in [5, 5.41) is 6.11. The standard InChI is InChI=1S/C11H17N5O2/c1-18-9-6-13-11(14-7-9)15-8-10(17)16-4-2-12-3-5-16/h6-7,12H,2-5,8H2,1H3,(H,13,14,15). The Labute approximate surface area is 106 Å². The first-order valence-electron chi connectivity index (χ1n) is 5.88. The van der Waals surface area contributed by atoms with Gasteiger partial charge in [0.25, 0.3) is 0 Å². The van der Waals surface area contributed by atoms with E-state index in [1.54, 1.807) is 19.5 Å². The van der Waals surface area contributed by atoms with Crippen molar-refractivity contribution in [3.05, 3.63) is 12.4 Å². The maximum absolute atomic E-state index is 11.8. The van der Waals surface area contributed by atoms with Crippen LogP contribution in [-0.2, 0) is 4.79 Å². The van der Waals surface area contributed by atoms with E-state index in [2.05, 4.69) is 20.6 Å². The fourth-order valence-corrected chi connectivity index (χ4v) is 1.69. The van der Waals surface area contributed by atoms with E-state index in [4.69, 9.17) is 4.74 Å². The van der Waals surface area contributed by atoms with Gasteiger partial charge in [0.2, 0.25) is 11.9 Å². The largest absolute Gasteiger partial charge is 0.494 e. The fraction of sp³-hybridized carbons (Fsp3) is 0.545. The Balaban J connectivity index is 1.80. The molecular formula is C11H17N5O2. The number of methoxy groups -OCH3 is 1. The third-order valence-electron chi connectivity index (χ3n) is 2.73. The van der Waals surface area contributed by atoms with Crippen LogP contribution in [0.15, 0.2) is 12.4 Å². The lowest BCUT2D eigenvalue weighted by molar-refractivity contribution is -0.129. The minimum atomic E-state index is 0.0657. The van der Waals surface area contributed by atoms with Crippen LogP contribution in [0.1, 0.15) is 0 Å². The highest BCUT2D eigenvalue weighted by atomic mass is 16.5. The van der Waals surface area contributed by atoms with Gasteiger partial charge in [0.05, 0.1) is 26.0 Å². The Kier molecular flexibility index (Phi) is 4.30. The number of amides is 1. The van der Waals surface area contributed by atoms with Gasteiger partial charge in [-0.1, -0.05) is 0 Å². The Hall–Kier alpha value is -1.89. The summed E-state index contributed by atoms with van der Waals surface area (Å²) in [5.41, 5.74) is 0. The zero-order valence-electron chi connectivity index (χ0n) is 10.3. The molecule has 0 unspecified atom stereocenters. The van der Waals surface area contributed by atoms with Crippen molar-refractivity contribution < 1.29 is 9.53 Å². The van der Waals surface area contributed by atoms with Gasteiger partial charge in [-0.25, -0.2) is 9.97 Å². The molecule has 2 N–H and O–H groups in total. The fourth-order valence-electron chi connectivity index (χ4n) is 1.69. The summed E-state index contributed by atoms with van der Waals surface area (Å²) in [4.78, 5) is 21.7. The number of carbonyl (C=O) groups is 1. The number of hydrogen-bond acceptors (Lipinski definition) is 6. The molecule has 2 rings (SSSR count). The molecule has 0 radical (unpaired) electrons. The van der Waals surface area contributed by atoms with E-state index in [0.717, 1.165) is 26.2 Å². The third kappa shape index (κ3) is 3.30. The topological polar surface area (TPSA) is 79.4 Å². The number of hydrogen-bond donors (Lipinski definition) is 2. The monoisotopic (exact) mass is 251 g/mol. The lowest BCUT2D eigenvalue weighted by Crippen LogP contribution is -2.48. The number of nitrogens with one attached hydrogen (secondary N) is 2. The van der Waals surface area contributed by atoms with Gasteiger partial charge in [-0.15, -0.1) is 0 Å². The number of rotatable bonds is 4. The summed E-state index contributed by atoms with van der Waals surface area (Å²) >= 11 is 0. The van der Waals surface area contributed by atoms with Crippen molar-refractivity contribution in [3.8, 4) is 5.75 Å². The Morgan fingerprint density at radius 3 is 2.72 bits per heavy atom.